The minimum absolute atomic E-state index is 0.0458. The summed E-state index contributed by atoms with van der Waals surface area (Å²) >= 11 is 6.10. The van der Waals surface area contributed by atoms with Crippen molar-refractivity contribution in [1.29, 1.82) is 0 Å². The molecular weight excluding hydrogens is 388 g/mol. The molecule has 0 aliphatic carbocycles. The van der Waals surface area contributed by atoms with E-state index in [2.05, 4.69) is 20.1 Å². The minimum Gasteiger partial charge on any atom is -0.444 e. The van der Waals surface area contributed by atoms with Crippen LogP contribution in [-0.4, -0.2) is 53.4 Å². The first-order valence-corrected chi connectivity index (χ1v) is 10.0. The molecule has 0 spiro atoms. The summed E-state index contributed by atoms with van der Waals surface area (Å²) in [5.74, 6) is 0.603. The van der Waals surface area contributed by atoms with Crippen molar-refractivity contribution in [3.8, 4) is 11.5 Å². The second-order valence-corrected chi connectivity index (χ2v) is 7.50. The molecular formula is C22H23ClN4O2. The van der Waals surface area contributed by atoms with E-state index >= 15 is 0 Å². The quantitative estimate of drug-likeness (QED) is 0.670. The molecule has 1 aliphatic rings. The fraction of sp³-hybridized carbons (Fsp3) is 0.273. The van der Waals surface area contributed by atoms with Crippen LogP contribution in [0.3, 0.4) is 0 Å². The first-order valence-electron chi connectivity index (χ1n) is 9.66. The van der Waals surface area contributed by atoms with Gasteiger partial charge in [-0.05, 0) is 24.3 Å². The molecule has 1 N–H and O–H groups in total. The summed E-state index contributed by atoms with van der Waals surface area (Å²) in [6.45, 7) is 4.54. The zero-order valence-electron chi connectivity index (χ0n) is 16.1. The highest BCUT2D eigenvalue weighted by molar-refractivity contribution is 6.33. The van der Waals surface area contributed by atoms with Gasteiger partial charge in [0, 0.05) is 38.3 Å². The Hall–Kier alpha value is -2.67. The Morgan fingerprint density at radius 2 is 1.69 bits per heavy atom. The van der Waals surface area contributed by atoms with Crippen LogP contribution in [0.15, 0.2) is 65.3 Å². The van der Waals surface area contributed by atoms with E-state index < -0.39 is 0 Å². The maximum Gasteiger partial charge on any atom is 0.238 e. The Morgan fingerprint density at radius 1 is 1.00 bits per heavy atom. The average molecular weight is 411 g/mol. The van der Waals surface area contributed by atoms with Gasteiger partial charge in [-0.2, -0.15) is 0 Å². The Labute approximate surface area is 175 Å². The molecule has 2 heterocycles. The first kappa shape index (κ1) is 19.6. The molecule has 0 unspecified atom stereocenters. The van der Waals surface area contributed by atoms with Gasteiger partial charge >= 0.3 is 0 Å². The van der Waals surface area contributed by atoms with Crippen LogP contribution in [0.4, 0.5) is 5.69 Å². The van der Waals surface area contributed by atoms with Gasteiger partial charge in [-0.1, -0.05) is 41.9 Å². The van der Waals surface area contributed by atoms with Gasteiger partial charge in [-0.3, -0.25) is 14.6 Å². The maximum absolute atomic E-state index is 12.3. The zero-order chi connectivity index (χ0) is 20.1. The minimum atomic E-state index is -0.0458. The average Bonchev–Trinajstić information content (AvgIpc) is 3.20. The number of rotatable bonds is 6. The molecule has 7 heteroatoms. The number of piperazine rings is 1. The smallest absolute Gasteiger partial charge is 0.238 e. The normalized spacial score (nSPS) is 15.3. The largest absolute Gasteiger partial charge is 0.444 e. The third kappa shape index (κ3) is 5.23. The lowest BCUT2D eigenvalue weighted by Crippen LogP contribution is -2.48. The molecule has 2 aromatic carbocycles. The number of carbonyl (C=O) groups excluding carboxylic acids is 1. The number of aromatic nitrogens is 1. The Bertz CT molecular complexity index is 952. The number of nitrogens with zero attached hydrogens (tertiary/aromatic N) is 3. The van der Waals surface area contributed by atoms with E-state index in [9.17, 15) is 4.79 Å². The number of anilines is 1. The summed E-state index contributed by atoms with van der Waals surface area (Å²) in [7, 11) is 0. The van der Waals surface area contributed by atoms with Crippen molar-refractivity contribution < 1.29 is 9.21 Å². The molecule has 3 aromatic rings. The lowest BCUT2D eigenvalue weighted by atomic mass is 10.2. The van der Waals surface area contributed by atoms with E-state index in [1.165, 1.54) is 0 Å². The topological polar surface area (TPSA) is 61.6 Å². The Morgan fingerprint density at radius 3 is 2.45 bits per heavy atom. The molecule has 29 heavy (non-hydrogen) atoms. The van der Waals surface area contributed by atoms with Crippen LogP contribution >= 0.6 is 11.6 Å². The molecule has 4 rings (SSSR count). The highest BCUT2D eigenvalue weighted by Crippen LogP contribution is 2.21. The maximum atomic E-state index is 12.3. The number of nitrogens with one attached hydrogen (secondary N) is 1. The van der Waals surface area contributed by atoms with Gasteiger partial charge in [-0.25, -0.2) is 4.98 Å². The van der Waals surface area contributed by atoms with Crippen molar-refractivity contribution in [3.63, 3.8) is 0 Å². The fourth-order valence-corrected chi connectivity index (χ4v) is 3.57. The second-order valence-electron chi connectivity index (χ2n) is 7.09. The van der Waals surface area contributed by atoms with Crippen molar-refractivity contribution in [1.82, 2.24) is 14.8 Å². The summed E-state index contributed by atoms with van der Waals surface area (Å²) in [5.41, 5.74) is 2.56. The van der Waals surface area contributed by atoms with Crippen molar-refractivity contribution >= 4 is 23.2 Å². The van der Waals surface area contributed by atoms with Crippen LogP contribution in [-0.2, 0) is 11.3 Å². The van der Waals surface area contributed by atoms with Crippen LogP contribution in [0.25, 0.3) is 11.5 Å². The number of oxazole rings is 1. The molecule has 1 aliphatic heterocycles. The number of hydrogen-bond donors (Lipinski definition) is 1. The third-order valence-electron chi connectivity index (χ3n) is 4.94. The molecule has 0 atom stereocenters. The predicted octanol–water partition coefficient (Wildman–Crippen LogP) is 3.75. The SMILES string of the molecule is O=C(CN1CCN(Cc2coc(-c3ccccc3)n2)CC1)Nc1ccccc1Cl. The summed E-state index contributed by atoms with van der Waals surface area (Å²) in [6, 6.07) is 17.2. The lowest BCUT2D eigenvalue weighted by molar-refractivity contribution is -0.117. The van der Waals surface area contributed by atoms with E-state index in [1.54, 1.807) is 18.4 Å². The monoisotopic (exact) mass is 410 g/mol. The molecule has 0 saturated carbocycles. The van der Waals surface area contributed by atoms with E-state index in [0.717, 1.165) is 44.0 Å². The van der Waals surface area contributed by atoms with Crippen LogP contribution in [0.2, 0.25) is 5.02 Å². The molecule has 6 nitrogen and oxygen atoms in total. The number of hydrogen-bond acceptors (Lipinski definition) is 5. The molecule has 1 fully saturated rings. The highest BCUT2D eigenvalue weighted by atomic mass is 35.5. The van der Waals surface area contributed by atoms with Crippen LogP contribution in [0, 0.1) is 0 Å². The number of carbonyl (C=O) groups is 1. The Kier molecular flexibility index (Phi) is 6.24. The van der Waals surface area contributed by atoms with Crippen molar-refractivity contribution in [2.45, 2.75) is 6.54 Å². The summed E-state index contributed by atoms with van der Waals surface area (Å²) in [6.07, 6.45) is 1.73. The van der Waals surface area contributed by atoms with E-state index in [4.69, 9.17) is 16.0 Å². The summed E-state index contributed by atoms with van der Waals surface area (Å²) < 4.78 is 5.62. The number of para-hydroxylation sites is 1. The van der Waals surface area contributed by atoms with Gasteiger partial charge in [0.1, 0.15) is 6.26 Å². The molecule has 0 radical (unpaired) electrons. The van der Waals surface area contributed by atoms with Crippen molar-refractivity contribution in [3.05, 3.63) is 71.6 Å². The first-order chi connectivity index (χ1) is 14.2. The number of benzene rings is 2. The van der Waals surface area contributed by atoms with Gasteiger partial charge in [0.25, 0.3) is 0 Å². The highest BCUT2D eigenvalue weighted by Gasteiger charge is 2.20. The van der Waals surface area contributed by atoms with E-state index in [1.807, 2.05) is 42.5 Å². The zero-order valence-corrected chi connectivity index (χ0v) is 16.8. The van der Waals surface area contributed by atoms with Gasteiger partial charge in [-0.15, -0.1) is 0 Å². The van der Waals surface area contributed by atoms with Crippen molar-refractivity contribution in [2.24, 2.45) is 0 Å². The molecule has 0 bridgehead atoms. The van der Waals surface area contributed by atoms with Crippen molar-refractivity contribution in [2.75, 3.05) is 38.0 Å². The standard InChI is InChI=1S/C22H23ClN4O2/c23-19-8-4-5-9-20(19)25-21(28)15-27-12-10-26(11-13-27)14-18-16-29-22(24-18)17-6-2-1-3-7-17/h1-9,16H,10-15H2,(H,25,28). The summed E-state index contributed by atoms with van der Waals surface area (Å²) in [5, 5.41) is 3.43. The van der Waals surface area contributed by atoms with Crippen LogP contribution in [0.5, 0.6) is 0 Å². The number of halogens is 1. The molecule has 1 saturated heterocycles. The molecule has 150 valence electrons. The number of amides is 1. The van der Waals surface area contributed by atoms with Crippen LogP contribution in [0.1, 0.15) is 5.69 Å². The van der Waals surface area contributed by atoms with E-state index in [0.29, 0.717) is 23.1 Å². The van der Waals surface area contributed by atoms with Gasteiger partial charge < -0.3 is 9.73 Å². The van der Waals surface area contributed by atoms with E-state index in [-0.39, 0.29) is 5.91 Å². The third-order valence-corrected chi connectivity index (χ3v) is 5.27. The molecule has 1 amide bonds. The second kappa shape index (κ2) is 9.22. The fourth-order valence-electron chi connectivity index (χ4n) is 3.38. The Balaban J connectivity index is 1.24. The van der Waals surface area contributed by atoms with Gasteiger partial charge in [0.15, 0.2) is 0 Å². The van der Waals surface area contributed by atoms with Gasteiger partial charge in [0.2, 0.25) is 11.8 Å². The summed E-state index contributed by atoms with van der Waals surface area (Å²) in [4.78, 5) is 21.4. The lowest BCUT2D eigenvalue weighted by Gasteiger charge is -2.33. The predicted molar refractivity (Wildman–Crippen MR) is 114 cm³/mol. The van der Waals surface area contributed by atoms with Gasteiger partial charge in [0.05, 0.1) is 22.9 Å². The van der Waals surface area contributed by atoms with Crippen LogP contribution < -0.4 is 5.32 Å². The molecule has 1 aromatic heterocycles.